The molecule has 0 aromatic heterocycles. The highest BCUT2D eigenvalue weighted by atomic mass is 16.3. The summed E-state index contributed by atoms with van der Waals surface area (Å²) in [5.74, 6) is 0.266. The summed E-state index contributed by atoms with van der Waals surface area (Å²) in [6.45, 7) is 10.7. The van der Waals surface area contributed by atoms with Crippen molar-refractivity contribution in [3.05, 3.63) is 0 Å². The van der Waals surface area contributed by atoms with Crippen LogP contribution in [0.2, 0.25) is 0 Å². The van der Waals surface area contributed by atoms with Gasteiger partial charge >= 0.3 is 0 Å². The zero-order valence-electron chi connectivity index (χ0n) is 9.72. The van der Waals surface area contributed by atoms with Gasteiger partial charge in [0.2, 0.25) is 0 Å². The minimum absolute atomic E-state index is 0.143. The Bertz CT molecular complexity index is 151. The molecule has 0 radical (unpaired) electrons. The third-order valence-electron chi connectivity index (χ3n) is 3.15. The summed E-state index contributed by atoms with van der Waals surface area (Å²) in [4.78, 5) is 0. The van der Waals surface area contributed by atoms with Crippen molar-refractivity contribution in [1.29, 1.82) is 0 Å². The van der Waals surface area contributed by atoms with Crippen LogP contribution in [0.4, 0.5) is 0 Å². The highest BCUT2D eigenvalue weighted by Gasteiger charge is 2.42. The Balaban J connectivity index is 4.62. The molecule has 3 N–H and O–H groups in total. The van der Waals surface area contributed by atoms with E-state index >= 15 is 0 Å². The van der Waals surface area contributed by atoms with Crippen molar-refractivity contribution in [2.45, 2.75) is 53.1 Å². The number of hydrogen-bond donors (Lipinski definition) is 2. The molecule has 13 heavy (non-hydrogen) atoms. The van der Waals surface area contributed by atoms with Crippen LogP contribution in [0, 0.1) is 11.3 Å². The lowest BCUT2D eigenvalue weighted by Crippen LogP contribution is -2.53. The molecule has 2 nitrogen and oxygen atoms in total. The summed E-state index contributed by atoms with van der Waals surface area (Å²) in [6, 6.07) is 0. The number of hydrogen-bond acceptors (Lipinski definition) is 2. The van der Waals surface area contributed by atoms with E-state index in [1.165, 1.54) is 0 Å². The van der Waals surface area contributed by atoms with Crippen LogP contribution in [0.15, 0.2) is 0 Å². The number of nitrogens with two attached hydrogens (primary N) is 1. The van der Waals surface area contributed by atoms with Gasteiger partial charge in [0.15, 0.2) is 0 Å². The maximum atomic E-state index is 10.4. The molecule has 80 valence electrons. The third-order valence-corrected chi connectivity index (χ3v) is 3.15. The van der Waals surface area contributed by atoms with Gasteiger partial charge in [-0.2, -0.15) is 0 Å². The van der Waals surface area contributed by atoms with E-state index in [1.54, 1.807) is 0 Å². The SMILES string of the molecule is CCCC(C)C(O)(CN)C(C)(C)C. The molecule has 0 aliphatic heterocycles. The van der Waals surface area contributed by atoms with E-state index in [4.69, 9.17) is 5.73 Å². The van der Waals surface area contributed by atoms with Gasteiger partial charge < -0.3 is 10.8 Å². The standard InChI is InChI=1S/C11H25NO/c1-6-7-9(2)11(13,8-12)10(3,4)5/h9,13H,6-8,12H2,1-5H3. The van der Waals surface area contributed by atoms with Crippen LogP contribution in [0.3, 0.4) is 0 Å². The first-order chi connectivity index (χ1) is 5.79. The van der Waals surface area contributed by atoms with Crippen molar-refractivity contribution >= 4 is 0 Å². The average Bonchev–Trinajstić information content (AvgIpc) is 2.01. The molecule has 2 unspecified atom stereocenters. The molecule has 2 heteroatoms. The number of aliphatic hydroxyl groups is 1. The van der Waals surface area contributed by atoms with Crippen molar-refractivity contribution in [3.63, 3.8) is 0 Å². The summed E-state index contributed by atoms with van der Waals surface area (Å²) < 4.78 is 0. The minimum atomic E-state index is -0.733. The van der Waals surface area contributed by atoms with Crippen LogP contribution in [-0.2, 0) is 0 Å². The van der Waals surface area contributed by atoms with Gasteiger partial charge in [0.25, 0.3) is 0 Å². The Morgan fingerprint density at radius 3 is 2.00 bits per heavy atom. The maximum absolute atomic E-state index is 10.4. The lowest BCUT2D eigenvalue weighted by molar-refractivity contribution is -0.0937. The summed E-state index contributed by atoms with van der Waals surface area (Å²) in [5, 5.41) is 10.4. The summed E-state index contributed by atoms with van der Waals surface area (Å²) >= 11 is 0. The Morgan fingerprint density at radius 2 is 1.77 bits per heavy atom. The highest BCUT2D eigenvalue weighted by Crippen LogP contribution is 2.37. The monoisotopic (exact) mass is 187 g/mol. The smallest absolute Gasteiger partial charge is 0.0842 e. The van der Waals surface area contributed by atoms with E-state index < -0.39 is 5.60 Å². The Labute approximate surface area is 82.5 Å². The van der Waals surface area contributed by atoms with Crippen molar-refractivity contribution < 1.29 is 5.11 Å². The predicted octanol–water partition coefficient (Wildman–Crippen LogP) is 2.16. The lowest BCUT2D eigenvalue weighted by atomic mass is 9.68. The molecule has 0 saturated carbocycles. The van der Waals surface area contributed by atoms with Crippen molar-refractivity contribution in [1.82, 2.24) is 0 Å². The molecular formula is C11H25NO. The van der Waals surface area contributed by atoms with E-state index in [0.717, 1.165) is 12.8 Å². The molecular weight excluding hydrogens is 162 g/mol. The van der Waals surface area contributed by atoms with Crippen molar-refractivity contribution in [2.24, 2.45) is 17.1 Å². The van der Waals surface area contributed by atoms with E-state index in [2.05, 4.69) is 13.8 Å². The Hall–Kier alpha value is -0.0800. The van der Waals surface area contributed by atoms with Gasteiger partial charge in [-0.1, -0.05) is 41.0 Å². The summed E-state index contributed by atoms with van der Waals surface area (Å²) in [6.07, 6.45) is 2.13. The van der Waals surface area contributed by atoms with Gasteiger partial charge in [0.1, 0.15) is 0 Å². The fourth-order valence-electron chi connectivity index (χ4n) is 1.92. The quantitative estimate of drug-likeness (QED) is 0.708. The molecule has 0 rings (SSSR count). The molecule has 0 heterocycles. The fraction of sp³-hybridized carbons (Fsp3) is 1.00. The molecule has 0 spiro atoms. The number of rotatable bonds is 4. The van der Waals surface area contributed by atoms with E-state index in [1.807, 2.05) is 20.8 Å². The Kier molecular flexibility index (Phi) is 4.40. The summed E-state index contributed by atoms with van der Waals surface area (Å²) in [7, 11) is 0. The molecule has 0 fully saturated rings. The summed E-state index contributed by atoms with van der Waals surface area (Å²) in [5.41, 5.74) is 4.80. The Morgan fingerprint density at radius 1 is 1.31 bits per heavy atom. The normalized spacial score (nSPS) is 19.6. The molecule has 0 saturated heterocycles. The van der Waals surface area contributed by atoms with Crippen LogP contribution in [0.5, 0.6) is 0 Å². The molecule has 0 aliphatic carbocycles. The van der Waals surface area contributed by atoms with Crippen molar-refractivity contribution in [2.75, 3.05) is 6.54 Å². The van der Waals surface area contributed by atoms with Gasteiger partial charge in [-0.05, 0) is 17.8 Å². The van der Waals surface area contributed by atoms with E-state index in [0.29, 0.717) is 6.54 Å². The van der Waals surface area contributed by atoms with Gasteiger partial charge in [0.05, 0.1) is 5.60 Å². The van der Waals surface area contributed by atoms with Gasteiger partial charge in [-0.15, -0.1) is 0 Å². The van der Waals surface area contributed by atoms with Gasteiger partial charge in [-0.3, -0.25) is 0 Å². The van der Waals surface area contributed by atoms with Gasteiger partial charge in [0, 0.05) is 6.54 Å². The molecule has 0 amide bonds. The zero-order chi connectivity index (χ0) is 10.7. The van der Waals surface area contributed by atoms with Crippen LogP contribution in [-0.4, -0.2) is 17.3 Å². The second-order valence-electron chi connectivity index (χ2n) is 5.07. The minimum Gasteiger partial charge on any atom is -0.388 e. The van der Waals surface area contributed by atoms with Crippen LogP contribution in [0.1, 0.15) is 47.5 Å². The van der Waals surface area contributed by atoms with Crippen molar-refractivity contribution in [3.8, 4) is 0 Å². The topological polar surface area (TPSA) is 46.2 Å². The predicted molar refractivity (Wildman–Crippen MR) is 57.5 cm³/mol. The van der Waals surface area contributed by atoms with E-state index in [9.17, 15) is 5.11 Å². The molecule has 0 aromatic carbocycles. The average molecular weight is 187 g/mol. The van der Waals surface area contributed by atoms with Crippen LogP contribution in [0.25, 0.3) is 0 Å². The third kappa shape index (κ3) is 2.68. The maximum Gasteiger partial charge on any atom is 0.0842 e. The second kappa shape index (κ2) is 4.43. The first kappa shape index (κ1) is 12.9. The lowest BCUT2D eigenvalue weighted by Gasteiger charge is -2.44. The first-order valence-electron chi connectivity index (χ1n) is 5.22. The molecule has 0 aliphatic rings. The molecule has 2 atom stereocenters. The fourth-order valence-corrected chi connectivity index (χ4v) is 1.92. The molecule has 0 bridgehead atoms. The molecule has 0 aromatic rings. The second-order valence-corrected chi connectivity index (χ2v) is 5.07. The first-order valence-corrected chi connectivity index (χ1v) is 5.22. The largest absolute Gasteiger partial charge is 0.388 e. The van der Waals surface area contributed by atoms with E-state index in [-0.39, 0.29) is 11.3 Å². The zero-order valence-corrected chi connectivity index (χ0v) is 9.72. The highest BCUT2D eigenvalue weighted by molar-refractivity contribution is 4.95. The van der Waals surface area contributed by atoms with Gasteiger partial charge in [-0.25, -0.2) is 0 Å². The van der Waals surface area contributed by atoms with Crippen LogP contribution >= 0.6 is 0 Å². The van der Waals surface area contributed by atoms with Crippen LogP contribution < -0.4 is 5.73 Å².